The van der Waals surface area contributed by atoms with E-state index in [1.165, 1.54) is 18.2 Å². The first-order chi connectivity index (χ1) is 17.8. The fraction of sp³-hybridized carbons (Fsp3) is 0.107. The maximum Gasteiger partial charge on any atom is 0.329 e. The van der Waals surface area contributed by atoms with Crippen LogP contribution in [0.25, 0.3) is 17.0 Å². The molecular formula is C28H22BrFN4O3. The highest BCUT2D eigenvalue weighted by Gasteiger charge is 2.35. The van der Waals surface area contributed by atoms with Gasteiger partial charge in [0.05, 0.1) is 5.69 Å². The first kappa shape index (κ1) is 24.5. The molecule has 0 spiro atoms. The van der Waals surface area contributed by atoms with E-state index in [0.29, 0.717) is 6.54 Å². The third-order valence-corrected chi connectivity index (χ3v) is 6.76. The lowest BCUT2D eigenvalue weighted by molar-refractivity contribution is -0.127. The number of fused-ring (bicyclic) bond motifs is 1. The van der Waals surface area contributed by atoms with E-state index >= 15 is 0 Å². The van der Waals surface area contributed by atoms with Crippen molar-refractivity contribution in [3.63, 3.8) is 0 Å². The lowest BCUT2D eigenvalue weighted by Crippen LogP contribution is -2.38. The Bertz CT molecular complexity index is 1580. The van der Waals surface area contributed by atoms with Gasteiger partial charge in [-0.25, -0.2) is 14.1 Å². The van der Waals surface area contributed by atoms with E-state index in [4.69, 9.17) is 0 Å². The highest BCUT2D eigenvalue weighted by molar-refractivity contribution is 9.10. The van der Waals surface area contributed by atoms with Crippen LogP contribution >= 0.6 is 15.9 Å². The fourth-order valence-electron chi connectivity index (χ4n) is 4.37. The topological polar surface area (TPSA) is 83.4 Å². The van der Waals surface area contributed by atoms with Gasteiger partial charge in [-0.05, 0) is 48.9 Å². The zero-order valence-electron chi connectivity index (χ0n) is 19.8. The smallest absolute Gasteiger partial charge is 0.329 e. The van der Waals surface area contributed by atoms with E-state index in [1.807, 2.05) is 55.5 Å². The van der Waals surface area contributed by atoms with Gasteiger partial charge in [-0.3, -0.25) is 9.59 Å². The minimum Gasteiger partial charge on any atom is -0.340 e. The first-order valence-corrected chi connectivity index (χ1v) is 12.3. The summed E-state index contributed by atoms with van der Waals surface area (Å²) in [6.07, 6.45) is 1.64. The quantitative estimate of drug-likeness (QED) is 0.243. The Morgan fingerprint density at radius 2 is 1.73 bits per heavy atom. The lowest BCUT2D eigenvalue weighted by Gasteiger charge is -2.12. The number of amides is 4. The van der Waals surface area contributed by atoms with E-state index in [9.17, 15) is 18.8 Å². The minimum atomic E-state index is -0.712. The number of urea groups is 1. The molecule has 1 aliphatic heterocycles. The third kappa shape index (κ3) is 4.90. The van der Waals surface area contributed by atoms with Crippen LogP contribution in [0, 0.1) is 12.7 Å². The van der Waals surface area contributed by atoms with Crippen molar-refractivity contribution in [1.82, 2.24) is 14.8 Å². The normalized spacial score (nSPS) is 14.5. The number of aromatic nitrogens is 1. The van der Waals surface area contributed by atoms with Gasteiger partial charge in [0.25, 0.3) is 5.91 Å². The fourth-order valence-corrected chi connectivity index (χ4v) is 4.64. The largest absolute Gasteiger partial charge is 0.340 e. The molecule has 186 valence electrons. The van der Waals surface area contributed by atoms with Crippen LogP contribution in [0.4, 0.5) is 14.9 Å². The molecule has 1 aromatic heterocycles. The van der Waals surface area contributed by atoms with Crippen molar-refractivity contribution in [2.75, 3.05) is 11.9 Å². The molecule has 2 N–H and O–H groups in total. The number of imide groups is 1. The lowest BCUT2D eigenvalue weighted by atomic mass is 10.1. The highest BCUT2D eigenvalue weighted by Crippen LogP contribution is 2.29. The van der Waals surface area contributed by atoms with Crippen LogP contribution < -0.4 is 10.6 Å². The van der Waals surface area contributed by atoms with Crippen molar-refractivity contribution >= 4 is 56.4 Å². The molecule has 0 radical (unpaired) electrons. The van der Waals surface area contributed by atoms with Crippen LogP contribution in [-0.2, 0) is 16.1 Å². The summed E-state index contributed by atoms with van der Waals surface area (Å²) in [4.78, 5) is 38.8. The Morgan fingerprint density at radius 1 is 1.03 bits per heavy atom. The maximum absolute atomic E-state index is 13.9. The van der Waals surface area contributed by atoms with Crippen LogP contribution in [0.5, 0.6) is 0 Å². The van der Waals surface area contributed by atoms with Crippen molar-refractivity contribution in [2.45, 2.75) is 13.5 Å². The number of nitrogens with zero attached hydrogens (tertiary/aromatic N) is 2. The maximum atomic E-state index is 13.9. The van der Waals surface area contributed by atoms with Gasteiger partial charge in [-0.1, -0.05) is 58.4 Å². The van der Waals surface area contributed by atoms with Gasteiger partial charge in [0, 0.05) is 33.2 Å². The molecule has 0 atom stereocenters. The monoisotopic (exact) mass is 560 g/mol. The molecule has 1 saturated heterocycles. The molecule has 4 aromatic rings. The summed E-state index contributed by atoms with van der Waals surface area (Å²) < 4.78 is 17.0. The number of nitrogens with one attached hydrogen (secondary N) is 2. The van der Waals surface area contributed by atoms with Crippen molar-refractivity contribution in [3.05, 3.63) is 106 Å². The summed E-state index contributed by atoms with van der Waals surface area (Å²) in [5.74, 6) is -1.92. The Balaban J connectivity index is 1.42. The predicted molar refractivity (Wildman–Crippen MR) is 143 cm³/mol. The van der Waals surface area contributed by atoms with E-state index in [1.54, 1.807) is 12.1 Å². The predicted octanol–water partition coefficient (Wildman–Crippen LogP) is 5.43. The number of para-hydroxylation sites is 2. The first-order valence-electron chi connectivity index (χ1n) is 11.5. The van der Waals surface area contributed by atoms with E-state index in [-0.39, 0.29) is 11.4 Å². The van der Waals surface area contributed by atoms with Crippen LogP contribution in [0.3, 0.4) is 0 Å². The van der Waals surface area contributed by atoms with Crippen molar-refractivity contribution in [2.24, 2.45) is 0 Å². The molecular weight excluding hydrogens is 539 g/mol. The number of halogens is 2. The summed E-state index contributed by atoms with van der Waals surface area (Å²) in [6.45, 7) is 2.05. The minimum absolute atomic E-state index is 0.0236. The molecule has 9 heteroatoms. The molecule has 5 rings (SSSR count). The molecule has 0 aliphatic carbocycles. The van der Waals surface area contributed by atoms with Crippen LogP contribution in [0.1, 0.15) is 16.8 Å². The number of rotatable bonds is 6. The zero-order chi connectivity index (χ0) is 26.1. The van der Waals surface area contributed by atoms with Crippen molar-refractivity contribution in [3.8, 4) is 0 Å². The second kappa shape index (κ2) is 10.0. The van der Waals surface area contributed by atoms with E-state index < -0.39 is 30.2 Å². The number of carbonyl (C=O) groups excluding carboxylic acids is 3. The van der Waals surface area contributed by atoms with Gasteiger partial charge in [0.15, 0.2) is 0 Å². The van der Waals surface area contributed by atoms with Crippen molar-refractivity contribution < 1.29 is 18.8 Å². The van der Waals surface area contributed by atoms with Gasteiger partial charge < -0.3 is 15.2 Å². The Labute approximate surface area is 220 Å². The summed E-state index contributed by atoms with van der Waals surface area (Å²) in [7, 11) is 0. The summed E-state index contributed by atoms with van der Waals surface area (Å²) in [5, 5.41) is 5.90. The molecule has 37 heavy (non-hydrogen) atoms. The molecule has 1 aliphatic rings. The summed E-state index contributed by atoms with van der Waals surface area (Å²) >= 11 is 3.46. The van der Waals surface area contributed by atoms with E-state index in [2.05, 4.69) is 31.1 Å². The second-order valence-electron chi connectivity index (χ2n) is 8.64. The van der Waals surface area contributed by atoms with Gasteiger partial charge in [0.1, 0.15) is 18.1 Å². The molecule has 0 saturated carbocycles. The van der Waals surface area contributed by atoms with Crippen LogP contribution in [0.15, 0.2) is 83.0 Å². The molecule has 7 nitrogen and oxygen atoms in total. The van der Waals surface area contributed by atoms with Crippen LogP contribution in [0.2, 0.25) is 0 Å². The number of hydrogen-bond acceptors (Lipinski definition) is 3. The molecule has 1 fully saturated rings. The number of hydrogen-bond donors (Lipinski definition) is 2. The molecule has 0 unspecified atom stereocenters. The van der Waals surface area contributed by atoms with Crippen molar-refractivity contribution in [1.29, 1.82) is 0 Å². The van der Waals surface area contributed by atoms with Gasteiger partial charge in [0.2, 0.25) is 5.91 Å². The average Bonchev–Trinajstić information content (AvgIpc) is 3.30. The average molecular weight is 561 g/mol. The highest BCUT2D eigenvalue weighted by atomic mass is 79.9. The number of benzene rings is 3. The molecule has 2 heterocycles. The SMILES string of the molecule is Cc1c(/C=C2/NC(=O)N(CC(=O)Nc3ccccc3F)C2=O)c2ccccc2n1Cc1ccc(Br)cc1. The van der Waals surface area contributed by atoms with Crippen LogP contribution in [-0.4, -0.2) is 33.9 Å². The summed E-state index contributed by atoms with van der Waals surface area (Å²) in [5.41, 5.74) is 3.88. The zero-order valence-corrected chi connectivity index (χ0v) is 21.4. The van der Waals surface area contributed by atoms with Gasteiger partial charge >= 0.3 is 6.03 Å². The second-order valence-corrected chi connectivity index (χ2v) is 9.55. The molecule has 0 bridgehead atoms. The summed E-state index contributed by atoms with van der Waals surface area (Å²) in [6, 6.07) is 20.9. The van der Waals surface area contributed by atoms with E-state index in [0.717, 1.165) is 37.1 Å². The Hall–Kier alpha value is -4.24. The third-order valence-electron chi connectivity index (χ3n) is 6.23. The molecule has 3 aromatic carbocycles. The van der Waals surface area contributed by atoms with Gasteiger partial charge in [-0.15, -0.1) is 0 Å². The molecule has 4 amide bonds. The number of anilines is 1. The Morgan fingerprint density at radius 3 is 2.49 bits per heavy atom. The number of carbonyl (C=O) groups is 3. The van der Waals surface area contributed by atoms with Gasteiger partial charge in [-0.2, -0.15) is 0 Å². The standard InChI is InChI=1S/C28H22BrFN4O3/c1-17-21(20-6-2-5-9-25(20)33(17)15-18-10-12-19(29)13-11-18)14-24-27(36)34(28(37)32-24)16-26(35)31-23-8-4-3-7-22(23)30/h2-14H,15-16H2,1H3,(H,31,35)(H,32,37)/b24-14+. The Kier molecular flexibility index (Phi) is 6.62.